The molecule has 5 heteroatoms. The van der Waals surface area contributed by atoms with Crippen LogP contribution in [0.4, 0.5) is 17.2 Å². The summed E-state index contributed by atoms with van der Waals surface area (Å²) in [5.74, 6) is 0.780. The number of aromatic nitrogens is 1. The topological polar surface area (TPSA) is 71.2 Å². The number of nitrogens with zero attached hydrogens (tertiary/aromatic N) is 2. The van der Waals surface area contributed by atoms with Crippen molar-refractivity contribution in [1.82, 2.24) is 4.98 Å². The van der Waals surface area contributed by atoms with Crippen molar-refractivity contribution in [2.24, 2.45) is 0 Å². The van der Waals surface area contributed by atoms with Crippen molar-refractivity contribution < 1.29 is 4.79 Å². The summed E-state index contributed by atoms with van der Waals surface area (Å²) >= 11 is 0. The lowest BCUT2D eigenvalue weighted by molar-refractivity contribution is -0.114. The lowest BCUT2D eigenvalue weighted by atomic mass is 10.1. The van der Waals surface area contributed by atoms with Gasteiger partial charge in [0, 0.05) is 31.4 Å². The highest BCUT2D eigenvalue weighted by atomic mass is 16.1. The van der Waals surface area contributed by atoms with Crippen LogP contribution in [0.2, 0.25) is 0 Å². The van der Waals surface area contributed by atoms with E-state index in [-0.39, 0.29) is 5.91 Å². The molecule has 0 saturated carbocycles. The zero-order chi connectivity index (χ0) is 17.7. The quantitative estimate of drug-likeness (QED) is 0.850. The molecule has 24 heavy (non-hydrogen) atoms. The van der Waals surface area contributed by atoms with Crippen molar-refractivity contribution >= 4 is 23.1 Å². The maximum atomic E-state index is 11.1. The van der Waals surface area contributed by atoms with E-state index < -0.39 is 0 Å². The van der Waals surface area contributed by atoms with E-state index in [9.17, 15) is 4.79 Å². The van der Waals surface area contributed by atoms with E-state index >= 15 is 0 Å². The van der Waals surface area contributed by atoms with Gasteiger partial charge in [-0.25, -0.2) is 4.98 Å². The summed E-state index contributed by atoms with van der Waals surface area (Å²) in [5.41, 5.74) is 11.0. The zero-order valence-electron chi connectivity index (χ0n) is 14.9. The summed E-state index contributed by atoms with van der Waals surface area (Å²) in [7, 11) is 0. The molecule has 0 saturated heterocycles. The second-order valence-electron chi connectivity index (χ2n) is 6.12. The monoisotopic (exact) mass is 326 g/mol. The number of hydrogen-bond donors (Lipinski definition) is 2. The second-order valence-corrected chi connectivity index (χ2v) is 6.12. The lowest BCUT2D eigenvalue weighted by Gasteiger charge is -2.26. The maximum absolute atomic E-state index is 11.1. The minimum atomic E-state index is -0.0671. The summed E-state index contributed by atoms with van der Waals surface area (Å²) in [5, 5.41) is 2.78. The number of anilines is 3. The van der Waals surface area contributed by atoms with Crippen molar-refractivity contribution in [2.75, 3.05) is 22.5 Å². The fourth-order valence-electron chi connectivity index (χ4n) is 2.71. The van der Waals surface area contributed by atoms with Crippen LogP contribution in [0.25, 0.3) is 0 Å². The van der Waals surface area contributed by atoms with Gasteiger partial charge in [-0.2, -0.15) is 0 Å². The van der Waals surface area contributed by atoms with E-state index in [1.54, 1.807) is 0 Å². The van der Waals surface area contributed by atoms with Gasteiger partial charge in [0.2, 0.25) is 5.91 Å². The molecule has 1 amide bonds. The number of rotatable bonds is 6. The Morgan fingerprint density at radius 1 is 1.25 bits per heavy atom. The Morgan fingerprint density at radius 2 is 1.92 bits per heavy atom. The number of amides is 1. The number of nitrogens with two attached hydrogens (primary N) is 1. The van der Waals surface area contributed by atoms with Gasteiger partial charge in [-0.05, 0) is 49.6 Å². The summed E-state index contributed by atoms with van der Waals surface area (Å²) in [6, 6.07) is 9.88. The molecule has 0 aliphatic heterocycles. The van der Waals surface area contributed by atoms with Crippen molar-refractivity contribution in [3.8, 4) is 0 Å². The average Bonchev–Trinajstić information content (AvgIpc) is 2.52. The van der Waals surface area contributed by atoms with E-state index in [1.165, 1.54) is 6.92 Å². The van der Waals surface area contributed by atoms with Crippen molar-refractivity contribution in [3.63, 3.8) is 0 Å². The van der Waals surface area contributed by atoms with Crippen molar-refractivity contribution in [1.29, 1.82) is 0 Å². The molecule has 1 aromatic heterocycles. The van der Waals surface area contributed by atoms with Gasteiger partial charge < -0.3 is 16.0 Å². The van der Waals surface area contributed by atoms with Crippen LogP contribution in [0.15, 0.2) is 30.3 Å². The first-order valence-electron chi connectivity index (χ1n) is 8.26. The van der Waals surface area contributed by atoms with Crippen molar-refractivity contribution in [3.05, 3.63) is 47.2 Å². The van der Waals surface area contributed by atoms with Gasteiger partial charge in [0.25, 0.3) is 0 Å². The van der Waals surface area contributed by atoms with Crippen LogP contribution in [0, 0.1) is 13.8 Å². The van der Waals surface area contributed by atoms with Gasteiger partial charge >= 0.3 is 0 Å². The number of carbonyl (C=O) groups excluding carboxylic acids is 1. The SMILES string of the molecule is CCCN(Cc1ccc(NC(C)=O)cc1)c1nc(C)cc(C)c1N. The van der Waals surface area contributed by atoms with E-state index in [1.807, 2.05) is 44.2 Å². The van der Waals surface area contributed by atoms with Crippen molar-refractivity contribution in [2.45, 2.75) is 40.7 Å². The summed E-state index contributed by atoms with van der Waals surface area (Å²) in [6.07, 6.45) is 1.01. The second kappa shape index (κ2) is 7.81. The molecule has 0 spiro atoms. The number of aryl methyl sites for hydroxylation is 2. The number of nitrogens with one attached hydrogen (secondary N) is 1. The van der Waals surface area contributed by atoms with Crippen LogP contribution in [0.3, 0.4) is 0 Å². The molecule has 5 nitrogen and oxygen atoms in total. The number of carbonyl (C=O) groups is 1. The molecule has 0 fully saturated rings. The Balaban J connectivity index is 2.24. The lowest BCUT2D eigenvalue weighted by Crippen LogP contribution is -2.26. The van der Waals surface area contributed by atoms with Gasteiger partial charge in [0.15, 0.2) is 5.82 Å². The van der Waals surface area contributed by atoms with Crippen LogP contribution in [-0.4, -0.2) is 17.4 Å². The molecule has 0 radical (unpaired) electrons. The molecule has 2 aromatic rings. The highest BCUT2D eigenvalue weighted by molar-refractivity contribution is 5.88. The largest absolute Gasteiger partial charge is 0.396 e. The van der Waals surface area contributed by atoms with Crippen LogP contribution in [0.5, 0.6) is 0 Å². The Bertz CT molecular complexity index is 710. The van der Waals surface area contributed by atoms with E-state index in [2.05, 4.69) is 22.1 Å². The van der Waals surface area contributed by atoms with Crippen LogP contribution in [-0.2, 0) is 11.3 Å². The third-order valence-electron chi connectivity index (χ3n) is 3.81. The number of pyridine rings is 1. The smallest absolute Gasteiger partial charge is 0.221 e. The summed E-state index contributed by atoms with van der Waals surface area (Å²) in [4.78, 5) is 18.0. The van der Waals surface area contributed by atoms with E-state index in [0.29, 0.717) is 0 Å². The van der Waals surface area contributed by atoms with E-state index in [4.69, 9.17) is 5.73 Å². The minimum absolute atomic E-state index is 0.0671. The van der Waals surface area contributed by atoms with Crippen LogP contribution >= 0.6 is 0 Å². The molecule has 0 bridgehead atoms. The average molecular weight is 326 g/mol. The molecule has 3 N–H and O–H groups in total. The van der Waals surface area contributed by atoms with E-state index in [0.717, 1.165) is 53.5 Å². The van der Waals surface area contributed by atoms with Gasteiger partial charge in [-0.1, -0.05) is 19.1 Å². The third-order valence-corrected chi connectivity index (χ3v) is 3.81. The van der Waals surface area contributed by atoms with Gasteiger partial charge in [0.05, 0.1) is 5.69 Å². The molecular formula is C19H26N4O. The predicted molar refractivity (Wildman–Crippen MR) is 100 cm³/mol. The van der Waals surface area contributed by atoms with Crippen LogP contribution in [0.1, 0.15) is 37.1 Å². The highest BCUT2D eigenvalue weighted by Crippen LogP contribution is 2.26. The third kappa shape index (κ3) is 4.47. The molecule has 0 unspecified atom stereocenters. The minimum Gasteiger partial charge on any atom is -0.396 e. The Kier molecular flexibility index (Phi) is 5.79. The molecular weight excluding hydrogens is 300 g/mol. The highest BCUT2D eigenvalue weighted by Gasteiger charge is 2.14. The number of nitrogen functional groups attached to an aromatic ring is 1. The molecule has 0 atom stereocenters. The first kappa shape index (κ1) is 17.8. The van der Waals surface area contributed by atoms with Gasteiger partial charge in [-0.15, -0.1) is 0 Å². The molecule has 2 rings (SSSR count). The predicted octanol–water partition coefficient (Wildman–Crippen LogP) is 3.66. The molecule has 0 aliphatic carbocycles. The fourth-order valence-corrected chi connectivity index (χ4v) is 2.71. The first-order chi connectivity index (χ1) is 11.4. The Labute approximate surface area is 143 Å². The standard InChI is InChI=1S/C19H26N4O/c1-5-10-23(19-18(20)13(2)11-14(3)21-19)12-16-6-8-17(9-7-16)22-15(4)24/h6-9,11H,5,10,12,20H2,1-4H3,(H,22,24). The Morgan fingerprint density at radius 3 is 2.50 bits per heavy atom. The van der Waals surface area contributed by atoms with Crippen LogP contribution < -0.4 is 16.0 Å². The van der Waals surface area contributed by atoms with Gasteiger partial charge in [-0.3, -0.25) is 4.79 Å². The zero-order valence-corrected chi connectivity index (χ0v) is 14.9. The number of benzene rings is 1. The fraction of sp³-hybridized carbons (Fsp3) is 0.368. The molecule has 128 valence electrons. The first-order valence-corrected chi connectivity index (χ1v) is 8.26. The van der Waals surface area contributed by atoms with Gasteiger partial charge in [0.1, 0.15) is 0 Å². The maximum Gasteiger partial charge on any atom is 0.221 e. The Hall–Kier alpha value is -2.56. The molecule has 1 heterocycles. The normalized spacial score (nSPS) is 10.5. The molecule has 0 aliphatic rings. The summed E-state index contributed by atoms with van der Waals surface area (Å²) < 4.78 is 0. The number of hydrogen-bond acceptors (Lipinski definition) is 4. The summed E-state index contributed by atoms with van der Waals surface area (Å²) in [6.45, 7) is 9.26. The molecule has 1 aromatic carbocycles.